The first-order chi connectivity index (χ1) is 13.5. The molecule has 1 atom stereocenters. The third-order valence-corrected chi connectivity index (χ3v) is 6.24. The summed E-state index contributed by atoms with van der Waals surface area (Å²) in [7, 11) is 0. The van der Waals surface area contributed by atoms with Crippen molar-refractivity contribution in [1.82, 2.24) is 19.4 Å². The number of nitrogens with zero attached hydrogens (tertiary/aromatic N) is 4. The minimum atomic E-state index is -0.0308. The number of carbonyl (C=O) groups excluding carboxylic acids is 1. The lowest BCUT2D eigenvalue weighted by Gasteiger charge is -2.33. The van der Waals surface area contributed by atoms with Crippen LogP contribution in [0.3, 0.4) is 0 Å². The number of hydrogen-bond acceptors (Lipinski definition) is 3. The van der Waals surface area contributed by atoms with E-state index in [4.69, 9.17) is 0 Å². The van der Waals surface area contributed by atoms with Crippen molar-refractivity contribution < 1.29 is 4.79 Å². The molecule has 4 rings (SSSR count). The van der Waals surface area contributed by atoms with Crippen LogP contribution in [0.15, 0.2) is 41.0 Å². The largest absolute Gasteiger partial charge is 0.324 e. The minimum absolute atomic E-state index is 0.0308. The number of amides is 2. The molecule has 28 heavy (non-hydrogen) atoms. The molecule has 146 valence electrons. The van der Waals surface area contributed by atoms with Gasteiger partial charge < -0.3 is 14.8 Å². The Hall–Kier alpha value is -2.41. The van der Waals surface area contributed by atoms with E-state index < -0.39 is 0 Å². The highest BCUT2D eigenvalue weighted by molar-refractivity contribution is 9.10. The fourth-order valence-corrected chi connectivity index (χ4v) is 4.12. The third-order valence-electron chi connectivity index (χ3n) is 5.35. The lowest BCUT2D eigenvalue weighted by molar-refractivity contribution is 0.170. The number of urea groups is 1. The van der Waals surface area contributed by atoms with Crippen molar-refractivity contribution in [1.29, 1.82) is 0 Å². The molecule has 6 nitrogen and oxygen atoms in total. The number of hydrogen-bond donors (Lipinski definition) is 1. The molecular formula is C21H24BrN5O. The maximum Gasteiger partial charge on any atom is 0.321 e. The topological polar surface area (TPSA) is 63.1 Å². The quantitative estimate of drug-likeness (QED) is 0.637. The summed E-state index contributed by atoms with van der Waals surface area (Å²) in [6.07, 6.45) is 3.92. The highest BCUT2D eigenvalue weighted by Crippen LogP contribution is 2.24. The Morgan fingerprint density at radius 3 is 3.00 bits per heavy atom. The first-order valence-electron chi connectivity index (χ1n) is 9.61. The molecule has 1 aliphatic rings. The van der Waals surface area contributed by atoms with Crippen LogP contribution in [-0.2, 0) is 6.54 Å². The minimum Gasteiger partial charge on any atom is -0.324 e. The average Bonchev–Trinajstić information content (AvgIpc) is 3.00. The number of piperidine rings is 1. The van der Waals surface area contributed by atoms with E-state index >= 15 is 0 Å². The molecule has 3 aromatic rings. The van der Waals surface area contributed by atoms with Gasteiger partial charge in [0.2, 0.25) is 0 Å². The number of aryl methyl sites for hydroxylation is 2. The van der Waals surface area contributed by atoms with Gasteiger partial charge in [0, 0.05) is 36.0 Å². The summed E-state index contributed by atoms with van der Waals surface area (Å²) in [6.45, 7) is 6.40. The Bertz CT molecular complexity index is 1020. The van der Waals surface area contributed by atoms with Gasteiger partial charge in [0.1, 0.15) is 11.3 Å². The molecule has 1 fully saturated rings. The number of nitrogens with one attached hydrogen (secondary N) is 1. The number of imidazole rings is 1. The van der Waals surface area contributed by atoms with Gasteiger partial charge in [0.15, 0.2) is 5.65 Å². The van der Waals surface area contributed by atoms with Gasteiger partial charge in [-0.25, -0.2) is 14.8 Å². The van der Waals surface area contributed by atoms with E-state index in [9.17, 15) is 4.79 Å². The summed E-state index contributed by atoms with van der Waals surface area (Å²) in [5.41, 5.74) is 3.78. The summed E-state index contributed by atoms with van der Waals surface area (Å²) in [5, 5.41) is 3.03. The highest BCUT2D eigenvalue weighted by atomic mass is 79.9. The van der Waals surface area contributed by atoms with Crippen LogP contribution in [0.1, 0.15) is 24.2 Å². The summed E-state index contributed by atoms with van der Waals surface area (Å²) >= 11 is 3.50. The maximum absolute atomic E-state index is 12.8. The molecule has 7 heteroatoms. The second-order valence-electron chi connectivity index (χ2n) is 7.46. The zero-order valence-corrected chi connectivity index (χ0v) is 17.7. The molecule has 2 amide bonds. The van der Waals surface area contributed by atoms with Crippen LogP contribution in [0.2, 0.25) is 0 Å². The first-order valence-corrected chi connectivity index (χ1v) is 10.4. The highest BCUT2D eigenvalue weighted by Gasteiger charge is 2.25. The van der Waals surface area contributed by atoms with Gasteiger partial charge in [-0.1, -0.05) is 15.9 Å². The monoisotopic (exact) mass is 441 g/mol. The Kier molecular flexibility index (Phi) is 5.35. The SMILES string of the molecule is Cc1cc(NC(=O)N2CCCC(Cn3c(C)nc4cccnc43)C2)ccc1Br. The summed E-state index contributed by atoms with van der Waals surface area (Å²) in [4.78, 5) is 23.8. The Labute approximate surface area is 173 Å². The zero-order valence-electron chi connectivity index (χ0n) is 16.2. The van der Waals surface area contributed by atoms with Crippen molar-refractivity contribution in [3.8, 4) is 0 Å². The Morgan fingerprint density at radius 1 is 1.32 bits per heavy atom. The summed E-state index contributed by atoms with van der Waals surface area (Å²) in [5.74, 6) is 1.37. The second-order valence-corrected chi connectivity index (χ2v) is 8.32. The number of anilines is 1. The number of benzene rings is 1. The number of halogens is 1. The molecule has 1 aliphatic heterocycles. The molecule has 1 saturated heterocycles. The zero-order chi connectivity index (χ0) is 19.7. The van der Waals surface area contributed by atoms with E-state index in [1.165, 1.54) is 0 Å². The van der Waals surface area contributed by atoms with Crippen LogP contribution in [0.5, 0.6) is 0 Å². The van der Waals surface area contributed by atoms with E-state index in [0.29, 0.717) is 5.92 Å². The number of rotatable bonds is 3. The number of fused-ring (bicyclic) bond motifs is 1. The number of aromatic nitrogens is 3. The molecule has 0 bridgehead atoms. The first kappa shape index (κ1) is 18.9. The molecule has 0 radical (unpaired) electrons. The van der Waals surface area contributed by atoms with Gasteiger partial charge in [-0.2, -0.15) is 0 Å². The van der Waals surface area contributed by atoms with Crippen LogP contribution in [-0.4, -0.2) is 38.6 Å². The van der Waals surface area contributed by atoms with Crippen LogP contribution >= 0.6 is 15.9 Å². The standard InChI is InChI=1S/C21H24BrN5O/c1-14-11-17(7-8-18(14)22)25-21(28)26-10-4-5-16(12-26)13-27-15(2)24-19-6-3-9-23-20(19)27/h3,6-9,11,16H,4-5,10,12-13H2,1-2H3,(H,25,28). The van der Waals surface area contributed by atoms with Crippen molar-refractivity contribution in [2.24, 2.45) is 5.92 Å². The molecule has 1 unspecified atom stereocenters. The molecule has 1 aromatic carbocycles. The normalized spacial score (nSPS) is 17.1. The van der Waals surface area contributed by atoms with Crippen molar-refractivity contribution >= 4 is 38.8 Å². The Morgan fingerprint density at radius 2 is 2.18 bits per heavy atom. The van der Waals surface area contributed by atoms with Crippen LogP contribution in [0, 0.1) is 19.8 Å². The van der Waals surface area contributed by atoms with Crippen LogP contribution in [0.25, 0.3) is 11.2 Å². The molecule has 3 heterocycles. The fraction of sp³-hybridized carbons (Fsp3) is 0.381. The lowest BCUT2D eigenvalue weighted by atomic mass is 9.98. The van der Waals surface area contributed by atoms with E-state index in [0.717, 1.165) is 65.2 Å². The van der Waals surface area contributed by atoms with Crippen molar-refractivity contribution in [3.63, 3.8) is 0 Å². The van der Waals surface area contributed by atoms with E-state index in [-0.39, 0.29) is 6.03 Å². The molecule has 1 N–H and O–H groups in total. The van der Waals surface area contributed by atoms with Crippen LogP contribution in [0.4, 0.5) is 10.5 Å². The fourth-order valence-electron chi connectivity index (χ4n) is 3.87. The Balaban J connectivity index is 1.44. The van der Waals surface area contributed by atoms with Gasteiger partial charge in [0.25, 0.3) is 0 Å². The van der Waals surface area contributed by atoms with Gasteiger partial charge in [0.05, 0.1) is 0 Å². The predicted molar refractivity (Wildman–Crippen MR) is 114 cm³/mol. The van der Waals surface area contributed by atoms with Gasteiger partial charge in [-0.3, -0.25) is 0 Å². The molecular weight excluding hydrogens is 418 g/mol. The maximum atomic E-state index is 12.8. The van der Waals surface area contributed by atoms with E-state index in [1.807, 2.05) is 49.1 Å². The van der Waals surface area contributed by atoms with Crippen molar-refractivity contribution in [3.05, 3.63) is 52.4 Å². The van der Waals surface area contributed by atoms with Crippen LogP contribution < -0.4 is 5.32 Å². The van der Waals surface area contributed by atoms with Gasteiger partial charge in [-0.05, 0) is 68.5 Å². The third kappa shape index (κ3) is 3.90. The number of carbonyl (C=O) groups is 1. The lowest BCUT2D eigenvalue weighted by Crippen LogP contribution is -2.43. The molecule has 0 saturated carbocycles. The smallest absolute Gasteiger partial charge is 0.321 e. The summed E-state index contributed by atoms with van der Waals surface area (Å²) < 4.78 is 3.22. The number of likely N-dealkylation sites (tertiary alicyclic amines) is 1. The van der Waals surface area contributed by atoms with Gasteiger partial charge >= 0.3 is 6.03 Å². The predicted octanol–water partition coefficient (Wildman–Crippen LogP) is 4.75. The second kappa shape index (κ2) is 7.91. The molecule has 2 aromatic heterocycles. The average molecular weight is 442 g/mol. The van der Waals surface area contributed by atoms with E-state index in [1.54, 1.807) is 6.20 Å². The van der Waals surface area contributed by atoms with E-state index in [2.05, 4.69) is 35.8 Å². The van der Waals surface area contributed by atoms with Crippen molar-refractivity contribution in [2.45, 2.75) is 33.2 Å². The van der Waals surface area contributed by atoms with Gasteiger partial charge in [-0.15, -0.1) is 0 Å². The number of pyridine rings is 1. The molecule has 0 spiro atoms. The molecule has 0 aliphatic carbocycles. The van der Waals surface area contributed by atoms with Crippen molar-refractivity contribution in [2.75, 3.05) is 18.4 Å². The summed E-state index contributed by atoms with van der Waals surface area (Å²) in [6, 6.07) is 9.74.